The predicted octanol–water partition coefficient (Wildman–Crippen LogP) is 8.14. The molecule has 7 heteroatoms. The van der Waals surface area contributed by atoms with Gasteiger partial charge in [-0.2, -0.15) is 0 Å². The van der Waals surface area contributed by atoms with E-state index in [9.17, 15) is 4.79 Å². The van der Waals surface area contributed by atoms with Gasteiger partial charge in [0.1, 0.15) is 5.56 Å². The van der Waals surface area contributed by atoms with Crippen molar-refractivity contribution in [3.8, 4) is 5.69 Å². The molecule has 7 aromatic carbocycles. The number of para-hydroxylation sites is 1. The molecule has 0 atom stereocenters. The van der Waals surface area contributed by atoms with Crippen LogP contribution in [-0.2, 0) is 44.8 Å². The molecule has 0 N–H and O–H groups in total. The van der Waals surface area contributed by atoms with E-state index in [2.05, 4.69) is 187 Å². The Morgan fingerprint density at radius 1 is 0.415 bits per heavy atom. The van der Waals surface area contributed by atoms with Crippen LogP contribution >= 0.6 is 15.8 Å². The zero-order valence-electron chi connectivity index (χ0n) is 29.1. The molecule has 8 aromatic rings. The molecule has 0 unspecified atom stereocenters. The maximum Gasteiger partial charge on any atom is 1.00 e. The first-order valence-corrected chi connectivity index (χ1v) is 19.6. The second-order valence-corrected chi connectivity index (χ2v) is 16.0. The van der Waals surface area contributed by atoms with Crippen LogP contribution in [-0.4, -0.2) is 9.78 Å². The molecule has 1 aromatic heterocycles. The zero-order valence-corrected chi connectivity index (χ0v) is 35.2. The maximum absolute atomic E-state index is 11.3. The van der Waals surface area contributed by atoms with Crippen molar-refractivity contribution in [2.45, 2.75) is 6.92 Å². The number of aryl methyl sites for hydroxylation is 1. The minimum absolute atomic E-state index is 0. The van der Waals surface area contributed by atoms with Crippen molar-refractivity contribution in [2.75, 3.05) is 0 Å². The minimum Gasteiger partial charge on any atom is -0.308 e. The van der Waals surface area contributed by atoms with Gasteiger partial charge in [0.2, 0.25) is 0 Å². The summed E-state index contributed by atoms with van der Waals surface area (Å²) in [6, 6.07) is 75.6. The normalized spacial score (nSPS) is 10.1. The number of benzene rings is 7. The zero-order chi connectivity index (χ0) is 35.1. The van der Waals surface area contributed by atoms with Gasteiger partial charge in [0.05, 0.1) is 5.69 Å². The SMILES string of the molecule is Cc1[cH-]c(=O)n(-c2ccccc2)n1.[Au+].[Au].c1ccc(P(c2ccccc2)c2ccccc2)cc1.c1ccc(P(c2ccccc2)c2ccccc2)cc1. The quantitative estimate of drug-likeness (QED) is 0.0919. The summed E-state index contributed by atoms with van der Waals surface area (Å²) in [5.74, 6) is 0. The minimum atomic E-state index is -0.446. The first-order chi connectivity index (χ1) is 25.2. The van der Waals surface area contributed by atoms with Gasteiger partial charge in [0.15, 0.2) is 0 Å². The maximum atomic E-state index is 11.3. The van der Waals surface area contributed by atoms with Crippen molar-refractivity contribution in [2.24, 2.45) is 0 Å². The molecule has 1 radical (unpaired) electrons. The van der Waals surface area contributed by atoms with Crippen molar-refractivity contribution in [3.05, 3.63) is 234 Å². The van der Waals surface area contributed by atoms with Crippen LogP contribution in [0.2, 0.25) is 0 Å². The molecule has 271 valence electrons. The monoisotopic (exact) mass is 1090 g/mol. The molecular weight excluding hydrogens is 1050 g/mol. The van der Waals surface area contributed by atoms with Gasteiger partial charge in [-0.3, -0.25) is 6.07 Å². The van der Waals surface area contributed by atoms with Gasteiger partial charge in [0.25, 0.3) is 0 Å². The van der Waals surface area contributed by atoms with Gasteiger partial charge in [-0.15, -0.1) is 0 Å². The van der Waals surface area contributed by atoms with Crippen LogP contribution in [0, 0.1) is 6.92 Å². The van der Waals surface area contributed by atoms with Gasteiger partial charge >= 0.3 is 22.4 Å². The van der Waals surface area contributed by atoms with Crippen LogP contribution in [0.4, 0.5) is 0 Å². The Morgan fingerprint density at radius 2 is 0.642 bits per heavy atom. The Hall–Kier alpha value is -4.11. The molecule has 0 fully saturated rings. The molecule has 53 heavy (non-hydrogen) atoms. The average Bonchev–Trinajstić information content (AvgIpc) is 3.56. The Morgan fingerprint density at radius 3 is 0.849 bits per heavy atom. The summed E-state index contributed by atoms with van der Waals surface area (Å²) in [4.78, 5) is 11.3. The Kier molecular flexibility index (Phi) is 17.4. The van der Waals surface area contributed by atoms with Crippen LogP contribution in [0.1, 0.15) is 5.69 Å². The Balaban J connectivity index is 0.000000178. The predicted molar refractivity (Wildman–Crippen MR) is 220 cm³/mol. The van der Waals surface area contributed by atoms with Gasteiger partial charge in [-0.1, -0.05) is 213 Å². The van der Waals surface area contributed by atoms with Crippen LogP contribution in [0.5, 0.6) is 0 Å². The summed E-state index contributed by atoms with van der Waals surface area (Å²) in [6.45, 7) is 1.81. The van der Waals surface area contributed by atoms with Crippen LogP contribution in [0.3, 0.4) is 0 Å². The van der Waals surface area contributed by atoms with E-state index in [1.807, 2.05) is 30.3 Å². The molecule has 1 heterocycles. The summed E-state index contributed by atoms with van der Waals surface area (Å²) >= 11 is 0. The van der Waals surface area contributed by atoms with E-state index in [4.69, 9.17) is 0 Å². The van der Waals surface area contributed by atoms with E-state index >= 15 is 0 Å². The summed E-state index contributed by atoms with van der Waals surface area (Å²) in [5.41, 5.74) is 1.47. The van der Waals surface area contributed by atoms with Crippen LogP contribution in [0.15, 0.2) is 223 Å². The second-order valence-electron chi connectivity index (χ2n) is 11.6. The molecule has 0 saturated heterocycles. The van der Waals surface area contributed by atoms with E-state index in [0.29, 0.717) is 0 Å². The smallest absolute Gasteiger partial charge is 0.308 e. The molecular formula is C46H39Au2N2OP2. The van der Waals surface area contributed by atoms with Crippen molar-refractivity contribution in [1.82, 2.24) is 9.78 Å². The van der Waals surface area contributed by atoms with E-state index in [1.165, 1.54) is 42.6 Å². The topological polar surface area (TPSA) is 34.9 Å². The molecule has 8 rings (SSSR count). The molecule has 0 aliphatic carbocycles. The summed E-state index contributed by atoms with van der Waals surface area (Å²) in [7, 11) is -0.892. The summed E-state index contributed by atoms with van der Waals surface area (Å²) in [6.07, 6.45) is 0. The number of nitrogens with zero attached hydrogens (tertiary/aromatic N) is 2. The number of aromatic nitrogens is 2. The van der Waals surface area contributed by atoms with Crippen molar-refractivity contribution in [1.29, 1.82) is 0 Å². The number of rotatable bonds is 7. The van der Waals surface area contributed by atoms with Crippen molar-refractivity contribution < 1.29 is 44.8 Å². The van der Waals surface area contributed by atoms with E-state index in [-0.39, 0.29) is 50.3 Å². The standard InChI is InChI=1S/2C18H15P.C10H9N2O.2Au/c2*1-4-10-16(11-5-1)19(17-12-6-2-7-13-17)18-14-8-3-9-15-18;1-8-7-10(13)12(11-8)9-5-3-2-4-6-9;;/h2*1-15H;2-7H,1H3;;/q;;-1;;+1. The first kappa shape index (κ1) is 41.6. The fraction of sp³-hybridized carbons (Fsp3) is 0.0217. The third-order valence-corrected chi connectivity index (χ3v) is 12.8. The number of hydrogen-bond donors (Lipinski definition) is 0. The molecule has 0 aliphatic heterocycles. The summed E-state index contributed by atoms with van der Waals surface area (Å²) in [5, 5.41) is 12.5. The first-order valence-electron chi connectivity index (χ1n) is 16.9. The fourth-order valence-electron chi connectivity index (χ4n) is 5.59. The van der Waals surface area contributed by atoms with E-state index in [1.54, 1.807) is 6.92 Å². The van der Waals surface area contributed by atoms with Gasteiger partial charge in [0, 0.05) is 22.4 Å². The molecule has 0 saturated carbocycles. The molecule has 0 aliphatic rings. The van der Waals surface area contributed by atoms with Crippen LogP contribution in [0.25, 0.3) is 5.69 Å². The Labute approximate surface area is 346 Å². The summed E-state index contributed by atoms with van der Waals surface area (Å²) < 4.78 is 1.40. The third-order valence-electron chi connectivity index (χ3n) is 7.89. The van der Waals surface area contributed by atoms with E-state index in [0.717, 1.165) is 11.4 Å². The fourth-order valence-corrected chi connectivity index (χ4v) is 10.2. The molecule has 0 spiro atoms. The molecule has 3 nitrogen and oxygen atoms in total. The largest absolute Gasteiger partial charge is 1.00 e. The van der Waals surface area contributed by atoms with Crippen LogP contribution < -0.4 is 37.4 Å². The van der Waals surface area contributed by atoms with Gasteiger partial charge in [-0.05, 0) is 59.8 Å². The molecule has 0 amide bonds. The number of hydrogen-bond acceptors (Lipinski definition) is 2. The molecule has 0 bridgehead atoms. The van der Waals surface area contributed by atoms with E-state index < -0.39 is 15.8 Å². The Bertz CT molecular complexity index is 1920. The average molecular weight is 1090 g/mol. The third kappa shape index (κ3) is 11.9. The van der Waals surface area contributed by atoms with Crippen molar-refractivity contribution >= 4 is 47.7 Å². The van der Waals surface area contributed by atoms with Gasteiger partial charge < -0.3 is 4.79 Å². The van der Waals surface area contributed by atoms with Gasteiger partial charge in [-0.25, -0.2) is 9.78 Å². The second kappa shape index (κ2) is 22.2. The van der Waals surface area contributed by atoms with Crippen molar-refractivity contribution in [3.63, 3.8) is 0 Å².